The van der Waals surface area contributed by atoms with Crippen molar-refractivity contribution in [2.24, 2.45) is 5.92 Å². The van der Waals surface area contributed by atoms with E-state index in [9.17, 15) is 26.7 Å². The van der Waals surface area contributed by atoms with Crippen LogP contribution in [0.2, 0.25) is 0 Å². The third-order valence-electron chi connectivity index (χ3n) is 2.77. The highest BCUT2D eigenvalue weighted by molar-refractivity contribution is 7.91. The minimum atomic E-state index is -4.54. The maximum Gasteiger partial charge on any atom is 0.443 e. The molecule has 0 aromatic carbocycles. The molecule has 9 heteroatoms. The van der Waals surface area contributed by atoms with Gasteiger partial charge in [0.05, 0.1) is 22.5 Å². The highest BCUT2D eigenvalue weighted by Gasteiger charge is 2.38. The molecule has 1 aliphatic heterocycles. The van der Waals surface area contributed by atoms with Gasteiger partial charge in [0.15, 0.2) is 14.8 Å². The lowest BCUT2D eigenvalue weighted by molar-refractivity contribution is -0.137. The van der Waals surface area contributed by atoms with Gasteiger partial charge in [-0.25, -0.2) is 13.4 Å². The zero-order valence-corrected chi connectivity index (χ0v) is 10.6. The predicted octanol–water partition coefficient (Wildman–Crippen LogP) is 1.63. The summed E-state index contributed by atoms with van der Waals surface area (Å²) >= 11 is 0.354. The van der Waals surface area contributed by atoms with E-state index < -0.39 is 33.0 Å². The monoisotopic (exact) mass is 301 g/mol. The lowest BCUT2D eigenvalue weighted by atomic mass is 10.0. The summed E-state index contributed by atoms with van der Waals surface area (Å²) in [5, 5.41) is 8.84. The second-order valence-electron chi connectivity index (χ2n) is 4.17. The molecule has 1 aliphatic rings. The third kappa shape index (κ3) is 2.83. The van der Waals surface area contributed by atoms with Crippen molar-refractivity contribution in [2.45, 2.75) is 18.7 Å². The highest BCUT2D eigenvalue weighted by Crippen LogP contribution is 2.38. The molecule has 0 aliphatic carbocycles. The number of nitrogens with zero attached hydrogens (tertiary/aromatic N) is 1. The number of aromatic nitrogens is 1. The summed E-state index contributed by atoms with van der Waals surface area (Å²) in [7, 11) is -3.17. The van der Waals surface area contributed by atoms with Crippen LogP contribution < -0.4 is 0 Å². The van der Waals surface area contributed by atoms with Crippen molar-refractivity contribution >= 4 is 21.2 Å². The van der Waals surface area contributed by atoms with Crippen molar-refractivity contribution in [3.05, 3.63) is 16.1 Å². The van der Waals surface area contributed by atoms with Crippen LogP contribution in [0.25, 0.3) is 0 Å². The molecule has 0 amide bonds. The first-order valence-corrected chi connectivity index (χ1v) is 7.74. The van der Waals surface area contributed by atoms with Crippen LogP contribution in [0.1, 0.15) is 22.4 Å². The molecule has 2 atom stereocenters. The standard InChI is InChI=1S/C9H10F3NO3S2/c10-9(11,12)8-13-3-6(17-8)7(14)5-1-2-18(15,16)4-5/h3,5,7,14H,1-2,4H2. The topological polar surface area (TPSA) is 67.3 Å². The van der Waals surface area contributed by atoms with Crippen molar-refractivity contribution < 1.29 is 26.7 Å². The lowest BCUT2D eigenvalue weighted by Gasteiger charge is -2.13. The van der Waals surface area contributed by atoms with Crippen LogP contribution in [-0.2, 0) is 16.0 Å². The number of hydrogen-bond acceptors (Lipinski definition) is 5. The number of aliphatic hydroxyl groups is 1. The molecule has 1 saturated heterocycles. The molecule has 2 rings (SSSR count). The average molecular weight is 301 g/mol. The van der Waals surface area contributed by atoms with Crippen LogP contribution in [0, 0.1) is 5.92 Å². The van der Waals surface area contributed by atoms with Gasteiger partial charge in [0.1, 0.15) is 0 Å². The Kier molecular flexibility index (Phi) is 3.41. The normalized spacial score (nSPS) is 25.2. The Bertz CT molecular complexity index is 537. The molecule has 2 heterocycles. The Morgan fingerprint density at radius 1 is 1.50 bits per heavy atom. The van der Waals surface area contributed by atoms with Crippen molar-refractivity contribution in [1.82, 2.24) is 4.98 Å². The SMILES string of the molecule is O=S1(=O)CCC(C(O)c2cnc(C(F)(F)F)s2)C1. The van der Waals surface area contributed by atoms with Crippen LogP contribution >= 0.6 is 11.3 Å². The van der Waals surface area contributed by atoms with Gasteiger partial charge in [-0.05, 0) is 6.42 Å². The number of thiazole rings is 1. The minimum Gasteiger partial charge on any atom is -0.387 e. The predicted molar refractivity (Wildman–Crippen MR) is 58.8 cm³/mol. The molecule has 102 valence electrons. The Morgan fingerprint density at radius 3 is 2.61 bits per heavy atom. The van der Waals surface area contributed by atoms with E-state index in [0.717, 1.165) is 6.20 Å². The summed E-state index contributed by atoms with van der Waals surface area (Å²) < 4.78 is 59.5. The average Bonchev–Trinajstić information content (AvgIpc) is 2.82. The molecule has 4 nitrogen and oxygen atoms in total. The van der Waals surface area contributed by atoms with Crippen molar-refractivity contribution in [1.29, 1.82) is 0 Å². The van der Waals surface area contributed by atoms with Crippen LogP contribution in [-0.4, -0.2) is 30.0 Å². The molecule has 0 radical (unpaired) electrons. The van der Waals surface area contributed by atoms with E-state index >= 15 is 0 Å². The molecule has 0 bridgehead atoms. The number of hydrogen-bond donors (Lipinski definition) is 1. The molecule has 18 heavy (non-hydrogen) atoms. The summed E-state index contributed by atoms with van der Waals surface area (Å²) in [6.45, 7) is 0. The van der Waals surface area contributed by atoms with E-state index in [0.29, 0.717) is 11.3 Å². The van der Waals surface area contributed by atoms with Crippen LogP contribution in [0.4, 0.5) is 13.2 Å². The largest absolute Gasteiger partial charge is 0.443 e. The Labute approximate surface area is 105 Å². The maximum atomic E-state index is 12.3. The zero-order valence-electron chi connectivity index (χ0n) is 9.01. The number of sulfone groups is 1. The summed E-state index contributed by atoms with van der Waals surface area (Å²) in [6.07, 6.45) is -4.51. The van der Waals surface area contributed by atoms with Crippen LogP contribution in [0.5, 0.6) is 0 Å². The molecule has 1 aromatic heterocycles. The third-order valence-corrected chi connectivity index (χ3v) is 5.68. The quantitative estimate of drug-likeness (QED) is 0.901. The smallest absolute Gasteiger partial charge is 0.387 e. The Hall–Kier alpha value is -0.670. The van der Waals surface area contributed by atoms with Gasteiger partial charge in [-0.3, -0.25) is 0 Å². The van der Waals surface area contributed by atoms with E-state index in [1.807, 2.05) is 0 Å². The van der Waals surface area contributed by atoms with Gasteiger partial charge in [-0.1, -0.05) is 0 Å². The minimum absolute atomic E-state index is 0.0281. The first kappa shape index (κ1) is 13.8. The summed E-state index contributed by atoms with van der Waals surface area (Å²) in [4.78, 5) is 3.26. The fourth-order valence-electron chi connectivity index (χ4n) is 1.86. The van der Waals surface area contributed by atoms with Gasteiger partial charge in [0, 0.05) is 12.1 Å². The fraction of sp³-hybridized carbons (Fsp3) is 0.667. The van der Waals surface area contributed by atoms with E-state index in [-0.39, 0.29) is 22.8 Å². The molecular formula is C9H10F3NO3S2. The number of rotatable bonds is 2. The van der Waals surface area contributed by atoms with Gasteiger partial charge in [-0.2, -0.15) is 13.2 Å². The molecule has 0 spiro atoms. The lowest BCUT2D eigenvalue weighted by Crippen LogP contribution is -2.13. The summed E-state index contributed by atoms with van der Waals surface area (Å²) in [5.41, 5.74) is 0. The summed E-state index contributed by atoms with van der Waals surface area (Å²) in [6, 6.07) is 0. The number of alkyl halides is 3. The number of halogens is 3. The van der Waals surface area contributed by atoms with Crippen molar-refractivity contribution in [3.8, 4) is 0 Å². The van der Waals surface area contributed by atoms with Crippen molar-refractivity contribution in [3.63, 3.8) is 0 Å². The van der Waals surface area contributed by atoms with Crippen molar-refractivity contribution in [2.75, 3.05) is 11.5 Å². The van der Waals surface area contributed by atoms with Crippen LogP contribution in [0.3, 0.4) is 0 Å². The Balaban J connectivity index is 2.15. The molecule has 1 N–H and O–H groups in total. The molecule has 2 unspecified atom stereocenters. The maximum absolute atomic E-state index is 12.3. The first-order valence-electron chi connectivity index (χ1n) is 5.10. The second kappa shape index (κ2) is 4.46. The van der Waals surface area contributed by atoms with Gasteiger partial charge in [0.25, 0.3) is 0 Å². The Morgan fingerprint density at radius 2 is 2.17 bits per heavy atom. The van der Waals surface area contributed by atoms with E-state index in [4.69, 9.17) is 0 Å². The second-order valence-corrected chi connectivity index (χ2v) is 7.46. The first-order chi connectivity index (χ1) is 8.19. The van der Waals surface area contributed by atoms with E-state index in [1.54, 1.807) is 0 Å². The van der Waals surface area contributed by atoms with Crippen LogP contribution in [0.15, 0.2) is 6.20 Å². The molecule has 1 aromatic rings. The van der Waals surface area contributed by atoms with Gasteiger partial charge < -0.3 is 5.11 Å². The number of aliphatic hydroxyl groups excluding tert-OH is 1. The molecular weight excluding hydrogens is 291 g/mol. The zero-order chi connectivity index (χ0) is 13.6. The van der Waals surface area contributed by atoms with Gasteiger partial charge in [-0.15, -0.1) is 11.3 Å². The van der Waals surface area contributed by atoms with Gasteiger partial charge in [0.2, 0.25) is 0 Å². The highest BCUT2D eigenvalue weighted by atomic mass is 32.2. The molecule has 1 fully saturated rings. The fourth-order valence-corrected chi connectivity index (χ4v) is 4.55. The molecule has 0 saturated carbocycles. The van der Waals surface area contributed by atoms with E-state index in [2.05, 4.69) is 4.98 Å². The van der Waals surface area contributed by atoms with E-state index in [1.165, 1.54) is 0 Å². The van der Waals surface area contributed by atoms with Gasteiger partial charge >= 0.3 is 6.18 Å². The summed E-state index contributed by atoms with van der Waals surface area (Å²) in [5.74, 6) is -0.760.